The van der Waals surface area contributed by atoms with Crippen molar-refractivity contribution >= 4 is 5.91 Å². The van der Waals surface area contributed by atoms with E-state index in [1.807, 2.05) is 0 Å². The molecule has 25 heavy (non-hydrogen) atoms. The molecule has 0 radical (unpaired) electrons. The smallest absolute Gasteiger partial charge is 0.416 e. The molecule has 0 saturated carbocycles. The highest BCUT2D eigenvalue weighted by atomic mass is 19.4. The Hall–Kier alpha value is -2.32. The molecule has 1 aliphatic rings. The first-order chi connectivity index (χ1) is 11.9. The molecule has 1 aliphatic heterocycles. The van der Waals surface area contributed by atoms with Gasteiger partial charge in [0.15, 0.2) is 5.76 Å². The molecule has 1 amide bonds. The van der Waals surface area contributed by atoms with E-state index in [1.165, 1.54) is 24.3 Å². The highest BCUT2D eigenvalue weighted by molar-refractivity contribution is 5.92. The van der Waals surface area contributed by atoms with Crippen molar-refractivity contribution in [3.8, 4) is 11.3 Å². The molecule has 5 nitrogen and oxygen atoms in total. The van der Waals surface area contributed by atoms with Crippen molar-refractivity contribution in [1.82, 2.24) is 5.32 Å². The Morgan fingerprint density at radius 1 is 1.20 bits per heavy atom. The zero-order valence-electron chi connectivity index (χ0n) is 13.1. The fourth-order valence-corrected chi connectivity index (χ4v) is 2.41. The van der Waals surface area contributed by atoms with Crippen LogP contribution in [0.3, 0.4) is 0 Å². The lowest BCUT2D eigenvalue weighted by Crippen LogP contribution is -2.39. The molecule has 1 aromatic heterocycles. The van der Waals surface area contributed by atoms with Gasteiger partial charge in [0, 0.05) is 12.1 Å². The van der Waals surface area contributed by atoms with Gasteiger partial charge < -0.3 is 19.2 Å². The predicted octanol–water partition coefficient (Wildman–Crippen LogP) is 3.11. The van der Waals surface area contributed by atoms with E-state index in [0.29, 0.717) is 19.8 Å². The molecule has 0 unspecified atom stereocenters. The average Bonchev–Trinajstić information content (AvgIpc) is 3.10. The lowest BCUT2D eigenvalue weighted by atomic mass is 10.1. The largest absolute Gasteiger partial charge is 0.451 e. The van der Waals surface area contributed by atoms with Gasteiger partial charge in [-0.1, -0.05) is 12.1 Å². The Bertz CT molecular complexity index is 735. The van der Waals surface area contributed by atoms with Gasteiger partial charge >= 0.3 is 6.18 Å². The van der Waals surface area contributed by atoms with Crippen LogP contribution in [0.2, 0.25) is 0 Å². The molecule has 1 saturated heterocycles. The fraction of sp³-hybridized carbons (Fsp3) is 0.353. The minimum Gasteiger partial charge on any atom is -0.451 e. The van der Waals surface area contributed by atoms with Crippen molar-refractivity contribution in [3.63, 3.8) is 0 Å². The topological polar surface area (TPSA) is 60.7 Å². The Kier molecular flexibility index (Phi) is 5.10. The van der Waals surface area contributed by atoms with Crippen LogP contribution in [0.15, 0.2) is 40.8 Å². The second-order valence-electron chi connectivity index (χ2n) is 5.52. The number of furan rings is 1. The first-order valence-corrected chi connectivity index (χ1v) is 7.68. The highest BCUT2D eigenvalue weighted by Crippen LogP contribution is 2.32. The molecule has 0 aliphatic carbocycles. The number of halogens is 3. The summed E-state index contributed by atoms with van der Waals surface area (Å²) in [6.45, 7) is 1.66. The van der Waals surface area contributed by atoms with E-state index in [2.05, 4.69) is 5.32 Å². The van der Waals surface area contributed by atoms with Gasteiger partial charge in [0.05, 0.1) is 31.5 Å². The van der Waals surface area contributed by atoms with Gasteiger partial charge in [-0.3, -0.25) is 4.79 Å². The molecule has 3 rings (SSSR count). The zero-order chi connectivity index (χ0) is 17.9. The SMILES string of the molecule is O=C(NC[C@H]1COCCO1)c1ccc(-c2cccc(C(F)(F)F)c2)o1. The third kappa shape index (κ3) is 4.40. The number of carbonyl (C=O) groups excluding carboxylic acids is 1. The summed E-state index contributed by atoms with van der Waals surface area (Å²) < 4.78 is 54.4. The molecule has 2 heterocycles. The number of amides is 1. The first kappa shape index (κ1) is 17.5. The van der Waals surface area contributed by atoms with Crippen molar-refractivity contribution in [1.29, 1.82) is 0 Å². The van der Waals surface area contributed by atoms with Gasteiger partial charge in [0.2, 0.25) is 0 Å². The fourth-order valence-electron chi connectivity index (χ4n) is 2.41. The summed E-state index contributed by atoms with van der Waals surface area (Å²) in [4.78, 5) is 12.1. The van der Waals surface area contributed by atoms with Crippen molar-refractivity contribution in [3.05, 3.63) is 47.7 Å². The summed E-state index contributed by atoms with van der Waals surface area (Å²) >= 11 is 0. The maximum absolute atomic E-state index is 12.8. The molecular weight excluding hydrogens is 339 g/mol. The third-order valence-corrected chi connectivity index (χ3v) is 3.68. The highest BCUT2D eigenvalue weighted by Gasteiger charge is 2.30. The standard InChI is InChI=1S/C17H16F3NO4/c18-17(19,20)12-3-1-2-11(8-12)14-4-5-15(25-14)16(22)21-9-13-10-23-6-7-24-13/h1-5,8,13H,6-7,9-10H2,(H,21,22)/t13-/m0/s1. The minimum absolute atomic E-state index is 0.0177. The molecule has 8 heteroatoms. The van der Waals surface area contributed by atoms with Crippen LogP contribution in [0.5, 0.6) is 0 Å². The van der Waals surface area contributed by atoms with Crippen LogP contribution >= 0.6 is 0 Å². The molecular formula is C17H16F3NO4. The number of benzene rings is 1. The van der Waals surface area contributed by atoms with Gasteiger partial charge in [0.1, 0.15) is 5.76 Å². The maximum Gasteiger partial charge on any atom is 0.416 e. The number of rotatable bonds is 4. The minimum atomic E-state index is -4.44. The van der Waals surface area contributed by atoms with E-state index in [-0.39, 0.29) is 29.7 Å². The van der Waals surface area contributed by atoms with Gasteiger partial charge in [-0.15, -0.1) is 0 Å². The van der Waals surface area contributed by atoms with E-state index >= 15 is 0 Å². The third-order valence-electron chi connectivity index (χ3n) is 3.68. The number of nitrogens with one attached hydrogen (secondary N) is 1. The number of alkyl halides is 3. The monoisotopic (exact) mass is 355 g/mol. The molecule has 1 atom stereocenters. The van der Waals surface area contributed by atoms with Gasteiger partial charge in [-0.05, 0) is 24.3 Å². The van der Waals surface area contributed by atoms with E-state index in [0.717, 1.165) is 12.1 Å². The van der Waals surface area contributed by atoms with Crippen molar-refractivity contribution in [2.45, 2.75) is 12.3 Å². The van der Waals surface area contributed by atoms with E-state index in [4.69, 9.17) is 13.9 Å². The number of hydrogen-bond acceptors (Lipinski definition) is 4. The second kappa shape index (κ2) is 7.28. The van der Waals surface area contributed by atoms with Crippen molar-refractivity contribution in [2.24, 2.45) is 0 Å². The van der Waals surface area contributed by atoms with E-state index < -0.39 is 17.6 Å². The van der Waals surface area contributed by atoms with Gasteiger partial charge in [-0.2, -0.15) is 13.2 Å². The normalized spacial score (nSPS) is 18.1. The van der Waals surface area contributed by atoms with Crippen LogP contribution in [-0.2, 0) is 15.7 Å². The van der Waals surface area contributed by atoms with Crippen LogP contribution in [-0.4, -0.2) is 38.4 Å². The molecule has 0 spiro atoms. The van der Waals surface area contributed by atoms with Crippen LogP contribution in [0.4, 0.5) is 13.2 Å². The summed E-state index contributed by atoms with van der Waals surface area (Å²) in [6, 6.07) is 7.62. The molecule has 0 bridgehead atoms. The van der Waals surface area contributed by atoms with Crippen LogP contribution in [0.25, 0.3) is 11.3 Å². The second-order valence-corrected chi connectivity index (χ2v) is 5.52. The zero-order valence-corrected chi connectivity index (χ0v) is 13.1. The predicted molar refractivity (Wildman–Crippen MR) is 82.0 cm³/mol. The van der Waals surface area contributed by atoms with Gasteiger partial charge in [-0.25, -0.2) is 0 Å². The van der Waals surface area contributed by atoms with Crippen LogP contribution in [0, 0.1) is 0 Å². The molecule has 1 N–H and O–H groups in total. The summed E-state index contributed by atoms with van der Waals surface area (Å²) in [5.41, 5.74) is -0.528. The summed E-state index contributed by atoms with van der Waals surface area (Å²) in [7, 11) is 0. The Labute approximate surface area is 141 Å². The lowest BCUT2D eigenvalue weighted by molar-refractivity contribution is -0.137. The number of carbonyl (C=O) groups is 1. The Morgan fingerprint density at radius 2 is 2.04 bits per heavy atom. The van der Waals surface area contributed by atoms with E-state index in [9.17, 15) is 18.0 Å². The summed E-state index contributed by atoms with van der Waals surface area (Å²) in [5.74, 6) is -0.259. The lowest BCUT2D eigenvalue weighted by Gasteiger charge is -2.22. The molecule has 1 fully saturated rings. The Balaban J connectivity index is 1.66. The summed E-state index contributed by atoms with van der Waals surface area (Å²) in [6.07, 6.45) is -4.67. The Morgan fingerprint density at radius 3 is 2.76 bits per heavy atom. The number of hydrogen-bond donors (Lipinski definition) is 1. The van der Waals surface area contributed by atoms with E-state index in [1.54, 1.807) is 0 Å². The molecule has 134 valence electrons. The first-order valence-electron chi connectivity index (χ1n) is 7.68. The van der Waals surface area contributed by atoms with Crippen LogP contribution in [0.1, 0.15) is 16.1 Å². The quantitative estimate of drug-likeness (QED) is 0.916. The average molecular weight is 355 g/mol. The van der Waals surface area contributed by atoms with Crippen LogP contribution < -0.4 is 5.32 Å². The van der Waals surface area contributed by atoms with Crippen molar-refractivity contribution in [2.75, 3.05) is 26.4 Å². The summed E-state index contributed by atoms with van der Waals surface area (Å²) in [5, 5.41) is 2.65. The molecule has 2 aromatic rings. The molecule has 1 aromatic carbocycles. The van der Waals surface area contributed by atoms with Crippen molar-refractivity contribution < 1.29 is 31.9 Å². The van der Waals surface area contributed by atoms with Gasteiger partial charge in [0.25, 0.3) is 5.91 Å². The number of ether oxygens (including phenoxy) is 2. The maximum atomic E-state index is 12.8.